The van der Waals surface area contributed by atoms with Crippen molar-refractivity contribution in [3.63, 3.8) is 0 Å². The SMILES string of the molecule is CCC(=O)NCCS(=O)(=O)N1CCOCC1. The Morgan fingerprint density at radius 2 is 2.00 bits per heavy atom. The van der Waals surface area contributed by atoms with Crippen molar-refractivity contribution < 1.29 is 17.9 Å². The highest BCUT2D eigenvalue weighted by molar-refractivity contribution is 7.89. The monoisotopic (exact) mass is 250 g/mol. The van der Waals surface area contributed by atoms with Crippen LogP contribution in [0.5, 0.6) is 0 Å². The summed E-state index contributed by atoms with van der Waals surface area (Å²) in [5.74, 6) is -0.171. The minimum absolute atomic E-state index is 0.0429. The van der Waals surface area contributed by atoms with E-state index in [1.54, 1.807) is 6.92 Å². The molecule has 0 unspecified atom stereocenters. The minimum atomic E-state index is -3.25. The van der Waals surface area contributed by atoms with Crippen LogP contribution in [0.4, 0.5) is 0 Å². The number of morpholine rings is 1. The zero-order valence-corrected chi connectivity index (χ0v) is 10.3. The molecule has 1 aliphatic rings. The number of rotatable bonds is 5. The van der Waals surface area contributed by atoms with Crippen LogP contribution in [0.2, 0.25) is 0 Å². The van der Waals surface area contributed by atoms with Gasteiger partial charge in [0.25, 0.3) is 0 Å². The van der Waals surface area contributed by atoms with E-state index in [-0.39, 0.29) is 18.2 Å². The number of hydrogen-bond donors (Lipinski definition) is 1. The van der Waals surface area contributed by atoms with Crippen LogP contribution in [0.25, 0.3) is 0 Å². The first-order valence-electron chi connectivity index (χ1n) is 5.38. The van der Waals surface area contributed by atoms with Gasteiger partial charge in [-0.1, -0.05) is 6.92 Å². The standard InChI is InChI=1S/C9H18N2O4S/c1-2-9(12)10-3-8-16(13,14)11-4-6-15-7-5-11/h2-8H2,1H3,(H,10,12). The maximum atomic E-state index is 11.8. The summed E-state index contributed by atoms with van der Waals surface area (Å²) in [5.41, 5.74) is 0. The van der Waals surface area contributed by atoms with Gasteiger partial charge < -0.3 is 10.1 Å². The van der Waals surface area contributed by atoms with Gasteiger partial charge in [-0.15, -0.1) is 0 Å². The lowest BCUT2D eigenvalue weighted by atomic mass is 10.4. The number of carbonyl (C=O) groups is 1. The molecule has 94 valence electrons. The van der Waals surface area contributed by atoms with E-state index in [9.17, 15) is 13.2 Å². The second-order valence-electron chi connectivity index (χ2n) is 3.53. The van der Waals surface area contributed by atoms with Crippen molar-refractivity contribution in [2.75, 3.05) is 38.6 Å². The Morgan fingerprint density at radius 1 is 1.38 bits per heavy atom. The van der Waals surface area contributed by atoms with E-state index in [0.717, 1.165) is 0 Å². The van der Waals surface area contributed by atoms with Gasteiger partial charge in [-0.25, -0.2) is 8.42 Å². The third-order valence-electron chi connectivity index (χ3n) is 2.37. The molecule has 0 aromatic heterocycles. The molecule has 1 N–H and O–H groups in total. The number of sulfonamides is 1. The van der Waals surface area contributed by atoms with Crippen LogP contribution in [0, 0.1) is 0 Å². The van der Waals surface area contributed by atoms with Crippen LogP contribution in [-0.4, -0.2) is 57.2 Å². The highest BCUT2D eigenvalue weighted by Crippen LogP contribution is 2.04. The smallest absolute Gasteiger partial charge is 0.219 e. The molecule has 7 heteroatoms. The van der Waals surface area contributed by atoms with Gasteiger partial charge in [0.15, 0.2) is 0 Å². The maximum Gasteiger partial charge on any atom is 0.219 e. The zero-order valence-electron chi connectivity index (χ0n) is 9.44. The average molecular weight is 250 g/mol. The number of carbonyl (C=O) groups excluding carboxylic acids is 1. The van der Waals surface area contributed by atoms with E-state index in [4.69, 9.17) is 4.74 Å². The van der Waals surface area contributed by atoms with E-state index in [1.165, 1.54) is 4.31 Å². The second-order valence-corrected chi connectivity index (χ2v) is 5.62. The quantitative estimate of drug-likeness (QED) is 0.691. The van der Waals surface area contributed by atoms with Crippen molar-refractivity contribution in [1.29, 1.82) is 0 Å². The summed E-state index contributed by atoms with van der Waals surface area (Å²) in [6.45, 7) is 3.60. The number of ether oxygens (including phenoxy) is 1. The first-order chi connectivity index (χ1) is 7.56. The molecule has 16 heavy (non-hydrogen) atoms. The molecule has 0 aromatic carbocycles. The molecule has 1 aliphatic heterocycles. The summed E-state index contributed by atoms with van der Waals surface area (Å²) in [6.07, 6.45) is 0.373. The summed E-state index contributed by atoms with van der Waals surface area (Å²) in [7, 11) is -3.25. The van der Waals surface area contributed by atoms with Gasteiger partial charge in [0.2, 0.25) is 15.9 Å². The highest BCUT2D eigenvalue weighted by Gasteiger charge is 2.23. The zero-order chi connectivity index (χ0) is 12.0. The molecule has 0 saturated carbocycles. The van der Waals surface area contributed by atoms with Gasteiger partial charge in [-0.2, -0.15) is 4.31 Å². The van der Waals surface area contributed by atoms with Gasteiger partial charge in [0, 0.05) is 26.1 Å². The third-order valence-corrected chi connectivity index (χ3v) is 4.24. The summed E-state index contributed by atoms with van der Waals surface area (Å²) >= 11 is 0. The van der Waals surface area contributed by atoms with Crippen molar-refractivity contribution >= 4 is 15.9 Å². The van der Waals surface area contributed by atoms with Gasteiger partial charge in [0.1, 0.15) is 0 Å². The number of amides is 1. The summed E-state index contributed by atoms with van der Waals surface area (Å²) < 4.78 is 30.0. The summed E-state index contributed by atoms with van der Waals surface area (Å²) in [6, 6.07) is 0. The van der Waals surface area contributed by atoms with Gasteiger partial charge in [-0.05, 0) is 0 Å². The fraction of sp³-hybridized carbons (Fsp3) is 0.889. The van der Waals surface area contributed by atoms with E-state index < -0.39 is 10.0 Å². The van der Waals surface area contributed by atoms with Crippen molar-refractivity contribution in [2.24, 2.45) is 0 Å². The predicted octanol–water partition coefficient (Wildman–Crippen LogP) is -0.825. The van der Waals surface area contributed by atoms with E-state index in [0.29, 0.717) is 32.7 Å². The summed E-state index contributed by atoms with van der Waals surface area (Å²) in [5, 5.41) is 2.55. The molecule has 0 radical (unpaired) electrons. The number of hydrogen-bond acceptors (Lipinski definition) is 4. The Morgan fingerprint density at radius 3 is 2.56 bits per heavy atom. The first kappa shape index (κ1) is 13.4. The molecule has 1 fully saturated rings. The van der Waals surface area contributed by atoms with Crippen LogP contribution >= 0.6 is 0 Å². The van der Waals surface area contributed by atoms with Crippen LogP contribution < -0.4 is 5.32 Å². The Labute approximate surface area is 96.0 Å². The molecule has 1 amide bonds. The molecular formula is C9H18N2O4S. The Balaban J connectivity index is 2.36. The molecule has 1 saturated heterocycles. The van der Waals surface area contributed by atoms with Gasteiger partial charge in [0.05, 0.1) is 19.0 Å². The minimum Gasteiger partial charge on any atom is -0.379 e. The lowest BCUT2D eigenvalue weighted by molar-refractivity contribution is -0.120. The molecule has 0 bridgehead atoms. The van der Waals surface area contributed by atoms with Crippen LogP contribution in [-0.2, 0) is 19.6 Å². The van der Waals surface area contributed by atoms with E-state index in [1.807, 2.05) is 0 Å². The van der Waals surface area contributed by atoms with Crippen LogP contribution in [0.1, 0.15) is 13.3 Å². The van der Waals surface area contributed by atoms with E-state index >= 15 is 0 Å². The molecule has 1 rings (SSSR count). The van der Waals surface area contributed by atoms with Gasteiger partial charge >= 0.3 is 0 Å². The van der Waals surface area contributed by atoms with Crippen LogP contribution in [0.3, 0.4) is 0 Å². The maximum absolute atomic E-state index is 11.8. The third kappa shape index (κ3) is 4.07. The fourth-order valence-electron chi connectivity index (χ4n) is 1.40. The molecular weight excluding hydrogens is 232 g/mol. The molecule has 0 aliphatic carbocycles. The number of nitrogens with zero attached hydrogens (tertiary/aromatic N) is 1. The van der Waals surface area contributed by atoms with Crippen molar-refractivity contribution in [2.45, 2.75) is 13.3 Å². The van der Waals surface area contributed by atoms with Crippen LogP contribution in [0.15, 0.2) is 0 Å². The second kappa shape index (κ2) is 6.17. The lowest BCUT2D eigenvalue weighted by Gasteiger charge is -2.25. The highest BCUT2D eigenvalue weighted by atomic mass is 32.2. The molecule has 0 spiro atoms. The molecule has 1 heterocycles. The first-order valence-corrected chi connectivity index (χ1v) is 6.99. The van der Waals surface area contributed by atoms with Crippen molar-refractivity contribution in [1.82, 2.24) is 9.62 Å². The molecule has 6 nitrogen and oxygen atoms in total. The van der Waals surface area contributed by atoms with Crippen molar-refractivity contribution in [3.8, 4) is 0 Å². The predicted molar refractivity (Wildman–Crippen MR) is 59.5 cm³/mol. The largest absolute Gasteiger partial charge is 0.379 e. The Hall–Kier alpha value is -0.660. The fourth-order valence-corrected chi connectivity index (χ4v) is 2.72. The lowest BCUT2D eigenvalue weighted by Crippen LogP contribution is -2.43. The van der Waals surface area contributed by atoms with Crippen molar-refractivity contribution in [3.05, 3.63) is 0 Å². The molecule has 0 aromatic rings. The summed E-state index contributed by atoms with van der Waals surface area (Å²) in [4.78, 5) is 10.9. The Bertz CT molecular complexity index is 322. The Kier molecular flexibility index (Phi) is 5.17. The van der Waals surface area contributed by atoms with Gasteiger partial charge in [-0.3, -0.25) is 4.79 Å². The average Bonchev–Trinajstić information content (AvgIpc) is 2.30. The van der Waals surface area contributed by atoms with E-state index in [2.05, 4.69) is 5.32 Å². The molecule has 0 atom stereocenters. The number of nitrogens with one attached hydrogen (secondary N) is 1. The topological polar surface area (TPSA) is 75.7 Å². The normalized spacial score (nSPS) is 18.3.